The van der Waals surface area contributed by atoms with Crippen LogP contribution in [0, 0.1) is 5.92 Å². The molecular weight excluding hydrogens is 314 g/mol. The predicted octanol–water partition coefficient (Wildman–Crippen LogP) is 3.19. The van der Waals surface area contributed by atoms with E-state index < -0.39 is 0 Å². The summed E-state index contributed by atoms with van der Waals surface area (Å²) < 4.78 is 5.45. The minimum Gasteiger partial charge on any atom is -0.496 e. The largest absolute Gasteiger partial charge is 0.496 e. The van der Waals surface area contributed by atoms with E-state index in [1.807, 2.05) is 53.4 Å². The molecule has 130 valence electrons. The van der Waals surface area contributed by atoms with Crippen molar-refractivity contribution in [2.24, 2.45) is 5.92 Å². The fourth-order valence-corrected chi connectivity index (χ4v) is 3.94. The number of benzene rings is 2. The lowest BCUT2D eigenvalue weighted by molar-refractivity contribution is 0.206. The molecule has 2 aliphatic rings. The molecule has 25 heavy (non-hydrogen) atoms. The van der Waals surface area contributed by atoms with Crippen LogP contribution in [0.5, 0.6) is 5.75 Å². The molecule has 2 heterocycles. The van der Waals surface area contributed by atoms with E-state index in [2.05, 4.69) is 10.6 Å². The Morgan fingerprint density at radius 2 is 2.08 bits per heavy atom. The molecule has 0 saturated carbocycles. The van der Waals surface area contributed by atoms with E-state index in [0.29, 0.717) is 12.0 Å². The fraction of sp³-hybridized carbons (Fsp3) is 0.350. The van der Waals surface area contributed by atoms with E-state index in [-0.39, 0.29) is 6.03 Å². The number of rotatable bonds is 3. The third kappa shape index (κ3) is 3.07. The summed E-state index contributed by atoms with van der Waals surface area (Å²) in [6, 6.07) is 16.1. The Kier molecular flexibility index (Phi) is 4.32. The van der Waals surface area contributed by atoms with Gasteiger partial charge in [0.2, 0.25) is 0 Å². The Morgan fingerprint density at radius 1 is 1.20 bits per heavy atom. The fourth-order valence-electron chi connectivity index (χ4n) is 3.94. The highest BCUT2D eigenvalue weighted by Gasteiger charge is 2.39. The summed E-state index contributed by atoms with van der Waals surface area (Å²) >= 11 is 0. The first-order valence-electron chi connectivity index (χ1n) is 8.78. The van der Waals surface area contributed by atoms with Gasteiger partial charge in [0.05, 0.1) is 7.11 Å². The molecule has 0 spiro atoms. The third-order valence-electron chi connectivity index (χ3n) is 5.24. The van der Waals surface area contributed by atoms with Crippen LogP contribution >= 0.6 is 0 Å². The summed E-state index contributed by atoms with van der Waals surface area (Å²) in [6.07, 6.45) is 1.09. The highest BCUT2D eigenvalue weighted by Crippen LogP contribution is 2.32. The number of methoxy groups -OCH3 is 1. The first-order chi connectivity index (χ1) is 12.3. The maximum Gasteiger partial charge on any atom is 0.322 e. The van der Waals surface area contributed by atoms with Crippen molar-refractivity contribution in [3.05, 3.63) is 48.5 Å². The number of amides is 2. The molecule has 2 aliphatic heterocycles. The van der Waals surface area contributed by atoms with E-state index in [1.165, 1.54) is 0 Å². The van der Waals surface area contributed by atoms with Crippen LogP contribution in [0.4, 0.5) is 10.5 Å². The molecule has 2 aromatic carbocycles. The average molecular weight is 337 g/mol. The lowest BCUT2D eigenvalue weighted by atomic mass is 10.0. The van der Waals surface area contributed by atoms with Crippen LogP contribution in [0.15, 0.2) is 48.5 Å². The summed E-state index contributed by atoms with van der Waals surface area (Å²) in [6.45, 7) is 2.77. The van der Waals surface area contributed by atoms with E-state index >= 15 is 0 Å². The van der Waals surface area contributed by atoms with Gasteiger partial charge in [0.1, 0.15) is 5.75 Å². The number of hydrogen-bond donors (Lipinski definition) is 2. The zero-order chi connectivity index (χ0) is 17.2. The highest BCUT2D eigenvalue weighted by atomic mass is 16.5. The maximum atomic E-state index is 12.7. The number of likely N-dealkylation sites (tertiary alicyclic amines) is 1. The van der Waals surface area contributed by atoms with Crippen molar-refractivity contribution >= 4 is 11.7 Å². The molecule has 0 bridgehead atoms. The van der Waals surface area contributed by atoms with Crippen LogP contribution in [0.2, 0.25) is 0 Å². The van der Waals surface area contributed by atoms with Crippen molar-refractivity contribution in [1.82, 2.24) is 10.2 Å². The molecule has 2 atom stereocenters. The summed E-state index contributed by atoms with van der Waals surface area (Å²) in [7, 11) is 1.67. The van der Waals surface area contributed by atoms with Gasteiger partial charge in [-0.2, -0.15) is 0 Å². The molecule has 2 fully saturated rings. The number of nitrogens with zero attached hydrogens (tertiary/aromatic N) is 1. The van der Waals surface area contributed by atoms with Crippen LogP contribution in [-0.4, -0.2) is 43.7 Å². The second kappa shape index (κ2) is 6.76. The molecule has 0 unspecified atom stereocenters. The van der Waals surface area contributed by atoms with Crippen molar-refractivity contribution in [2.45, 2.75) is 12.5 Å². The second-order valence-corrected chi connectivity index (χ2v) is 6.68. The van der Waals surface area contributed by atoms with Crippen LogP contribution in [0.25, 0.3) is 11.1 Å². The van der Waals surface area contributed by atoms with E-state index in [4.69, 9.17) is 4.74 Å². The molecule has 0 radical (unpaired) electrons. The number of ether oxygens (including phenoxy) is 1. The molecule has 5 heteroatoms. The van der Waals surface area contributed by atoms with Gasteiger partial charge in [0.15, 0.2) is 0 Å². The number of fused-ring (bicyclic) bond motifs is 1. The van der Waals surface area contributed by atoms with Crippen molar-refractivity contribution in [1.29, 1.82) is 0 Å². The van der Waals surface area contributed by atoms with Crippen molar-refractivity contribution < 1.29 is 9.53 Å². The molecule has 2 aromatic rings. The molecule has 2 saturated heterocycles. The number of urea groups is 1. The molecule has 4 rings (SSSR count). The third-order valence-corrected chi connectivity index (χ3v) is 5.24. The summed E-state index contributed by atoms with van der Waals surface area (Å²) in [4.78, 5) is 14.7. The van der Waals surface area contributed by atoms with Crippen molar-refractivity contribution in [2.75, 3.05) is 32.1 Å². The molecule has 2 N–H and O–H groups in total. The lowest BCUT2D eigenvalue weighted by Crippen LogP contribution is -2.41. The minimum absolute atomic E-state index is 0.00613. The number of anilines is 1. The number of carbonyl (C=O) groups is 1. The van der Waals surface area contributed by atoms with Crippen LogP contribution in [0.1, 0.15) is 6.42 Å². The van der Waals surface area contributed by atoms with Gasteiger partial charge in [0.25, 0.3) is 0 Å². The SMILES string of the molecule is COc1ccccc1-c1cccc(NC(=O)N2CC[C@H]3CNC[C@H]32)c1. The quantitative estimate of drug-likeness (QED) is 0.904. The monoisotopic (exact) mass is 337 g/mol. The maximum absolute atomic E-state index is 12.7. The summed E-state index contributed by atoms with van der Waals surface area (Å²) in [5.74, 6) is 1.43. The smallest absolute Gasteiger partial charge is 0.322 e. The first kappa shape index (κ1) is 16.0. The predicted molar refractivity (Wildman–Crippen MR) is 98.9 cm³/mol. The van der Waals surface area contributed by atoms with Crippen molar-refractivity contribution in [3.8, 4) is 16.9 Å². The average Bonchev–Trinajstić information content (AvgIpc) is 3.25. The zero-order valence-electron chi connectivity index (χ0n) is 14.4. The van der Waals surface area contributed by atoms with E-state index in [1.54, 1.807) is 7.11 Å². The Labute approximate surface area is 148 Å². The standard InChI is InChI=1S/C20H23N3O2/c1-25-19-8-3-2-7-17(19)14-5-4-6-16(11-14)22-20(24)23-10-9-15-12-21-13-18(15)23/h2-8,11,15,18,21H,9-10,12-13H2,1H3,(H,22,24)/t15-,18+/m0/s1. The molecule has 0 aromatic heterocycles. The van der Waals surface area contributed by atoms with Crippen LogP contribution in [0.3, 0.4) is 0 Å². The molecular formula is C20H23N3O2. The van der Waals surface area contributed by atoms with Crippen LogP contribution < -0.4 is 15.4 Å². The van der Waals surface area contributed by atoms with Gasteiger partial charge < -0.3 is 20.3 Å². The summed E-state index contributed by atoms with van der Waals surface area (Å²) in [5, 5.41) is 6.44. The number of hydrogen-bond acceptors (Lipinski definition) is 3. The van der Waals surface area contributed by atoms with Crippen LogP contribution in [-0.2, 0) is 0 Å². The topological polar surface area (TPSA) is 53.6 Å². The van der Waals surface area contributed by atoms with Gasteiger partial charge in [-0.15, -0.1) is 0 Å². The van der Waals surface area contributed by atoms with Gasteiger partial charge in [-0.05, 0) is 36.1 Å². The zero-order valence-corrected chi connectivity index (χ0v) is 14.4. The van der Waals surface area contributed by atoms with Gasteiger partial charge in [-0.1, -0.05) is 30.3 Å². The Bertz CT molecular complexity index is 777. The number of nitrogens with one attached hydrogen (secondary N) is 2. The van der Waals surface area contributed by atoms with E-state index in [0.717, 1.165) is 48.6 Å². The van der Waals surface area contributed by atoms with Gasteiger partial charge in [0, 0.05) is 36.9 Å². The van der Waals surface area contributed by atoms with Crippen molar-refractivity contribution in [3.63, 3.8) is 0 Å². The molecule has 5 nitrogen and oxygen atoms in total. The Balaban J connectivity index is 1.53. The van der Waals surface area contributed by atoms with Gasteiger partial charge >= 0.3 is 6.03 Å². The highest BCUT2D eigenvalue weighted by molar-refractivity contribution is 5.91. The number of carbonyl (C=O) groups excluding carboxylic acids is 1. The normalized spacial score (nSPS) is 21.9. The van der Waals surface area contributed by atoms with Gasteiger partial charge in [-0.3, -0.25) is 0 Å². The minimum atomic E-state index is -0.00613. The first-order valence-corrected chi connectivity index (χ1v) is 8.78. The molecule has 2 amide bonds. The summed E-state index contributed by atoms with van der Waals surface area (Å²) in [5.41, 5.74) is 2.85. The second-order valence-electron chi connectivity index (χ2n) is 6.68. The number of para-hydroxylation sites is 1. The van der Waals surface area contributed by atoms with Gasteiger partial charge in [-0.25, -0.2) is 4.79 Å². The van der Waals surface area contributed by atoms with E-state index in [9.17, 15) is 4.79 Å². The Morgan fingerprint density at radius 3 is 2.96 bits per heavy atom. The Hall–Kier alpha value is -2.53. The lowest BCUT2D eigenvalue weighted by Gasteiger charge is -2.24. The molecule has 0 aliphatic carbocycles.